The maximum absolute atomic E-state index is 12.2. The number of halogens is 1. The summed E-state index contributed by atoms with van der Waals surface area (Å²) in [4.78, 5) is 12.2. The van der Waals surface area contributed by atoms with Gasteiger partial charge in [-0.3, -0.25) is 4.79 Å². The summed E-state index contributed by atoms with van der Waals surface area (Å²) in [6.07, 6.45) is 0.264. The zero-order valence-corrected chi connectivity index (χ0v) is 12.2. The van der Waals surface area contributed by atoms with Gasteiger partial charge < -0.3 is 4.74 Å². The molecule has 21 heavy (non-hydrogen) atoms. The fourth-order valence-corrected chi connectivity index (χ4v) is 2.39. The number of amides is 1. The topological polar surface area (TPSA) is 41.9 Å². The fourth-order valence-electron chi connectivity index (χ4n) is 2.20. The molecule has 5 heteroatoms. The summed E-state index contributed by atoms with van der Waals surface area (Å²) in [5.41, 5.74) is 2.27. The number of hydrogen-bond donors (Lipinski definition) is 0. The summed E-state index contributed by atoms with van der Waals surface area (Å²) in [7, 11) is 1.61. The molecule has 1 aliphatic rings. The highest BCUT2D eigenvalue weighted by molar-refractivity contribution is 6.31. The number of ether oxygens (including phenoxy) is 1. The average molecular weight is 301 g/mol. The van der Waals surface area contributed by atoms with Gasteiger partial charge in [-0.1, -0.05) is 29.8 Å². The van der Waals surface area contributed by atoms with Crippen molar-refractivity contribution in [2.24, 2.45) is 5.10 Å². The van der Waals surface area contributed by atoms with E-state index in [1.54, 1.807) is 25.3 Å². The van der Waals surface area contributed by atoms with E-state index >= 15 is 0 Å². The number of hydrogen-bond acceptors (Lipinski definition) is 3. The normalized spacial score (nSPS) is 14.3. The highest BCUT2D eigenvalue weighted by Crippen LogP contribution is 2.26. The van der Waals surface area contributed by atoms with E-state index in [4.69, 9.17) is 16.3 Å². The van der Waals surface area contributed by atoms with Crippen LogP contribution in [0.2, 0.25) is 5.02 Å². The summed E-state index contributed by atoms with van der Waals surface area (Å²) >= 11 is 5.96. The van der Waals surface area contributed by atoms with E-state index in [1.807, 2.05) is 30.3 Å². The molecule has 0 unspecified atom stereocenters. The molecule has 0 fully saturated rings. The second-order valence-corrected chi connectivity index (χ2v) is 5.08. The molecule has 3 rings (SSSR count). The van der Waals surface area contributed by atoms with Crippen molar-refractivity contribution in [1.29, 1.82) is 0 Å². The van der Waals surface area contributed by atoms with Gasteiger partial charge in [-0.2, -0.15) is 5.10 Å². The Morgan fingerprint density at radius 3 is 2.76 bits per heavy atom. The van der Waals surface area contributed by atoms with Gasteiger partial charge in [0.05, 0.1) is 24.9 Å². The summed E-state index contributed by atoms with van der Waals surface area (Å²) in [5, 5.41) is 6.38. The molecule has 1 aliphatic heterocycles. The zero-order chi connectivity index (χ0) is 14.8. The first-order valence-electron chi connectivity index (χ1n) is 6.48. The van der Waals surface area contributed by atoms with Crippen LogP contribution < -0.4 is 9.75 Å². The Balaban J connectivity index is 1.95. The van der Waals surface area contributed by atoms with Crippen LogP contribution >= 0.6 is 11.6 Å². The quantitative estimate of drug-likeness (QED) is 0.870. The molecule has 0 aliphatic carbocycles. The molecule has 0 atom stereocenters. The number of methoxy groups -OCH3 is 1. The Morgan fingerprint density at radius 1 is 1.19 bits per heavy atom. The molecular weight excluding hydrogens is 288 g/mol. The van der Waals surface area contributed by atoms with Crippen LogP contribution in [-0.4, -0.2) is 18.7 Å². The predicted molar refractivity (Wildman–Crippen MR) is 83.1 cm³/mol. The molecule has 1 amide bonds. The molecule has 0 spiro atoms. The SMILES string of the molecule is COc1cccc(C2=NN(c3cccc(Cl)c3)C(=O)C2)c1. The molecular formula is C16H13ClN2O2. The molecule has 4 nitrogen and oxygen atoms in total. The number of hydrazone groups is 1. The first-order chi connectivity index (χ1) is 10.2. The lowest BCUT2D eigenvalue weighted by Crippen LogP contribution is -2.19. The molecule has 0 saturated carbocycles. The van der Waals surface area contributed by atoms with Gasteiger partial charge in [0, 0.05) is 10.6 Å². The lowest BCUT2D eigenvalue weighted by atomic mass is 10.1. The van der Waals surface area contributed by atoms with Crippen molar-refractivity contribution in [2.45, 2.75) is 6.42 Å². The van der Waals surface area contributed by atoms with E-state index in [-0.39, 0.29) is 12.3 Å². The smallest absolute Gasteiger partial charge is 0.253 e. The summed E-state index contributed by atoms with van der Waals surface area (Å²) in [5.74, 6) is 0.666. The number of anilines is 1. The van der Waals surface area contributed by atoms with E-state index in [0.717, 1.165) is 17.0 Å². The third-order valence-corrected chi connectivity index (χ3v) is 3.47. The maximum atomic E-state index is 12.2. The van der Waals surface area contributed by atoms with Crippen molar-refractivity contribution in [3.05, 3.63) is 59.1 Å². The van der Waals surface area contributed by atoms with Crippen LogP contribution in [0.1, 0.15) is 12.0 Å². The molecule has 0 saturated heterocycles. The molecule has 0 N–H and O–H groups in total. The van der Waals surface area contributed by atoms with Crippen LogP contribution in [0.4, 0.5) is 5.69 Å². The summed E-state index contributed by atoms with van der Waals surface area (Å²) < 4.78 is 5.20. The van der Waals surface area contributed by atoms with Gasteiger partial charge in [-0.25, -0.2) is 5.01 Å². The number of carbonyl (C=O) groups excluding carboxylic acids is 1. The van der Waals surface area contributed by atoms with Crippen LogP contribution in [0.15, 0.2) is 53.6 Å². The van der Waals surface area contributed by atoms with Crippen molar-refractivity contribution in [1.82, 2.24) is 0 Å². The second-order valence-electron chi connectivity index (χ2n) is 4.64. The molecule has 2 aromatic carbocycles. The number of rotatable bonds is 3. The van der Waals surface area contributed by atoms with E-state index in [2.05, 4.69) is 5.10 Å². The van der Waals surface area contributed by atoms with Crippen molar-refractivity contribution < 1.29 is 9.53 Å². The Bertz CT molecular complexity index is 728. The Morgan fingerprint density at radius 2 is 2.00 bits per heavy atom. The Hall–Kier alpha value is -2.33. The lowest BCUT2D eigenvalue weighted by Gasteiger charge is -2.11. The highest BCUT2D eigenvalue weighted by Gasteiger charge is 2.26. The van der Waals surface area contributed by atoms with Crippen LogP contribution in [-0.2, 0) is 4.79 Å². The minimum Gasteiger partial charge on any atom is -0.497 e. The fraction of sp³-hybridized carbons (Fsp3) is 0.125. The molecule has 0 bridgehead atoms. The van der Waals surface area contributed by atoms with Crippen LogP contribution in [0, 0.1) is 0 Å². The van der Waals surface area contributed by atoms with Crippen molar-refractivity contribution in [2.75, 3.05) is 12.1 Å². The van der Waals surface area contributed by atoms with Gasteiger partial charge in [-0.05, 0) is 30.3 Å². The van der Waals surface area contributed by atoms with Crippen molar-refractivity contribution >= 4 is 28.9 Å². The molecule has 0 aromatic heterocycles. The van der Waals surface area contributed by atoms with Gasteiger partial charge in [0.2, 0.25) is 0 Å². The Labute approximate surface area is 127 Å². The van der Waals surface area contributed by atoms with E-state index in [9.17, 15) is 4.79 Å². The number of nitrogens with zero attached hydrogens (tertiary/aromatic N) is 2. The van der Waals surface area contributed by atoms with Crippen LogP contribution in [0.5, 0.6) is 5.75 Å². The van der Waals surface area contributed by atoms with Crippen LogP contribution in [0.3, 0.4) is 0 Å². The zero-order valence-electron chi connectivity index (χ0n) is 11.4. The molecule has 1 heterocycles. The third-order valence-electron chi connectivity index (χ3n) is 3.23. The minimum atomic E-state index is -0.0740. The van der Waals surface area contributed by atoms with Crippen molar-refractivity contribution in [3.8, 4) is 5.75 Å². The largest absolute Gasteiger partial charge is 0.497 e. The van der Waals surface area contributed by atoms with Gasteiger partial charge in [0.15, 0.2) is 0 Å². The molecule has 2 aromatic rings. The van der Waals surface area contributed by atoms with E-state index in [0.29, 0.717) is 10.7 Å². The van der Waals surface area contributed by atoms with E-state index < -0.39 is 0 Å². The molecule has 106 valence electrons. The van der Waals surface area contributed by atoms with Gasteiger partial charge in [0.25, 0.3) is 5.91 Å². The standard InChI is InChI=1S/C16H13ClN2O2/c1-21-14-7-2-4-11(8-14)15-10-16(20)19(18-15)13-6-3-5-12(17)9-13/h2-9H,10H2,1H3. The monoisotopic (exact) mass is 300 g/mol. The highest BCUT2D eigenvalue weighted by atomic mass is 35.5. The van der Waals surface area contributed by atoms with Crippen molar-refractivity contribution in [3.63, 3.8) is 0 Å². The minimum absolute atomic E-state index is 0.0740. The van der Waals surface area contributed by atoms with Crippen LogP contribution in [0.25, 0.3) is 0 Å². The maximum Gasteiger partial charge on any atom is 0.253 e. The lowest BCUT2D eigenvalue weighted by molar-refractivity contribution is -0.116. The summed E-state index contributed by atoms with van der Waals surface area (Å²) in [6, 6.07) is 14.6. The second kappa shape index (κ2) is 5.58. The summed E-state index contributed by atoms with van der Waals surface area (Å²) in [6.45, 7) is 0. The van der Waals surface area contributed by atoms with Gasteiger partial charge in [0.1, 0.15) is 5.75 Å². The Kier molecular flexibility index (Phi) is 3.62. The average Bonchev–Trinajstić information content (AvgIpc) is 2.89. The van der Waals surface area contributed by atoms with Gasteiger partial charge >= 0.3 is 0 Å². The van der Waals surface area contributed by atoms with E-state index in [1.165, 1.54) is 5.01 Å². The number of carbonyl (C=O) groups is 1. The predicted octanol–water partition coefficient (Wildman–Crippen LogP) is 3.49. The first-order valence-corrected chi connectivity index (χ1v) is 6.85. The van der Waals surface area contributed by atoms with Gasteiger partial charge in [-0.15, -0.1) is 0 Å². The number of benzene rings is 2. The first kappa shape index (κ1) is 13.6. The molecule has 0 radical (unpaired) electrons. The third kappa shape index (κ3) is 2.76.